The van der Waals surface area contributed by atoms with Gasteiger partial charge in [0.2, 0.25) is 5.82 Å². The average Bonchev–Trinajstić information content (AvgIpc) is 3.41. The van der Waals surface area contributed by atoms with E-state index in [0.29, 0.717) is 17.5 Å². The molecule has 0 aliphatic carbocycles. The van der Waals surface area contributed by atoms with E-state index >= 15 is 0 Å². The lowest BCUT2D eigenvalue weighted by atomic mass is 9.90. The highest BCUT2D eigenvalue weighted by Gasteiger charge is 2.39. The summed E-state index contributed by atoms with van der Waals surface area (Å²) in [6.45, 7) is 8.64. The fourth-order valence-corrected chi connectivity index (χ4v) is 7.08. The van der Waals surface area contributed by atoms with E-state index in [1.807, 2.05) is 0 Å². The van der Waals surface area contributed by atoms with Gasteiger partial charge < -0.3 is 4.74 Å². The van der Waals surface area contributed by atoms with Crippen molar-refractivity contribution >= 4 is 21.2 Å². The molecule has 0 saturated heterocycles. The first-order valence-corrected chi connectivity index (χ1v) is 14.2. The number of hydrogen-bond acceptors (Lipinski definition) is 9. The van der Waals surface area contributed by atoms with Crippen LogP contribution in [0.15, 0.2) is 12.3 Å². The zero-order chi connectivity index (χ0) is 29.5. The van der Waals surface area contributed by atoms with Crippen LogP contribution in [0.25, 0.3) is 21.1 Å². The number of halogens is 5. The molecular weight excluding hydrogens is 567 g/mol. The van der Waals surface area contributed by atoms with Gasteiger partial charge in [-0.15, -0.1) is 11.3 Å². The molecule has 3 aromatic heterocycles. The number of aromatic nitrogens is 5. The normalized spacial score (nSPS) is 14.4. The summed E-state index contributed by atoms with van der Waals surface area (Å²) in [4.78, 5) is 10.2. The fourth-order valence-electron chi connectivity index (χ4n) is 4.14. The molecule has 0 amide bonds. The number of thiazole rings is 1. The van der Waals surface area contributed by atoms with Crippen LogP contribution in [0, 0.1) is 16.7 Å². The van der Waals surface area contributed by atoms with Gasteiger partial charge in [0.1, 0.15) is 28.2 Å². The largest absolute Gasteiger partial charge is 0.451 e. The number of nitriles is 1. The van der Waals surface area contributed by atoms with Gasteiger partial charge in [0.15, 0.2) is 15.5 Å². The summed E-state index contributed by atoms with van der Waals surface area (Å²) in [5, 5.41) is 12.5. The highest BCUT2D eigenvalue weighted by atomic mass is 32.2. The van der Waals surface area contributed by atoms with Crippen molar-refractivity contribution in [3.63, 3.8) is 0 Å². The summed E-state index contributed by atoms with van der Waals surface area (Å²) in [6.07, 6.45) is -7.10. The summed E-state index contributed by atoms with van der Waals surface area (Å²) >= 11 is 0.657. The summed E-state index contributed by atoms with van der Waals surface area (Å²) < 4.78 is 99.9. The molecule has 0 N–H and O–H groups in total. The van der Waals surface area contributed by atoms with E-state index in [4.69, 9.17) is 4.74 Å². The Balaban J connectivity index is 2.31. The lowest BCUT2D eigenvalue weighted by Gasteiger charge is -2.27. The van der Waals surface area contributed by atoms with Crippen molar-refractivity contribution in [2.45, 2.75) is 58.7 Å². The number of hydrogen-bond donors (Lipinski definition) is 0. The molecule has 3 aromatic rings. The molecule has 0 aliphatic heterocycles. The van der Waals surface area contributed by atoms with Crippen molar-refractivity contribution in [1.29, 1.82) is 5.26 Å². The average molecular weight is 593 g/mol. The van der Waals surface area contributed by atoms with E-state index in [9.17, 15) is 35.6 Å². The first kappa shape index (κ1) is 30.5. The van der Waals surface area contributed by atoms with Gasteiger partial charge in [0.05, 0.1) is 21.8 Å². The molecular formula is C23H25F5N6O3S2. The minimum Gasteiger partial charge on any atom is -0.357 e. The Morgan fingerprint density at radius 1 is 1.21 bits per heavy atom. The fraction of sp³-hybridized carbons (Fsp3) is 0.522. The van der Waals surface area contributed by atoms with Gasteiger partial charge in [0, 0.05) is 19.1 Å². The number of rotatable bonds is 8. The third-order valence-corrected chi connectivity index (χ3v) is 8.39. The predicted molar refractivity (Wildman–Crippen MR) is 132 cm³/mol. The van der Waals surface area contributed by atoms with E-state index in [0.717, 1.165) is 6.26 Å². The Morgan fingerprint density at radius 2 is 1.85 bits per heavy atom. The van der Waals surface area contributed by atoms with Crippen LogP contribution in [0.4, 0.5) is 22.0 Å². The van der Waals surface area contributed by atoms with E-state index in [2.05, 4.69) is 20.1 Å². The summed E-state index contributed by atoms with van der Waals surface area (Å²) in [5.74, 6) is -1.56. The molecule has 0 fully saturated rings. The molecule has 3 rings (SSSR count). The van der Waals surface area contributed by atoms with Crippen LogP contribution in [0.3, 0.4) is 0 Å². The minimum absolute atomic E-state index is 0.0641. The lowest BCUT2D eigenvalue weighted by Crippen LogP contribution is -2.26. The van der Waals surface area contributed by atoms with E-state index < -0.39 is 56.5 Å². The standard InChI is InChI=1S/C23H25F5N6O3S2/c1-7-37-11(2)34-15(8-13(33-34)18(22(3,4)5)39(6,35)36)17-16(19(24)25)32-20(38-17)12-10-30-21(23(26,27)28)31-14(12)9-29/h8,10-11,18-19H,7H2,1-6H3. The van der Waals surface area contributed by atoms with Gasteiger partial charge in [-0.1, -0.05) is 20.8 Å². The molecule has 0 bridgehead atoms. The zero-order valence-corrected chi connectivity index (χ0v) is 23.3. The molecule has 39 heavy (non-hydrogen) atoms. The second kappa shape index (κ2) is 10.9. The summed E-state index contributed by atoms with van der Waals surface area (Å²) in [5.41, 5.74) is -2.35. The number of nitrogens with zero attached hydrogens (tertiary/aromatic N) is 6. The molecule has 0 aromatic carbocycles. The Bertz CT molecular complexity index is 1500. The third kappa shape index (κ3) is 6.42. The molecule has 9 nitrogen and oxygen atoms in total. The molecule has 16 heteroatoms. The Labute approximate surface area is 225 Å². The van der Waals surface area contributed by atoms with Gasteiger partial charge in [-0.3, -0.25) is 0 Å². The molecule has 0 spiro atoms. The summed E-state index contributed by atoms with van der Waals surface area (Å²) in [6, 6.07) is 2.89. The van der Waals surface area contributed by atoms with Gasteiger partial charge in [-0.2, -0.15) is 23.5 Å². The molecule has 2 unspecified atom stereocenters. The highest BCUT2D eigenvalue weighted by Crippen LogP contribution is 2.44. The smallest absolute Gasteiger partial charge is 0.357 e. The van der Waals surface area contributed by atoms with E-state index in [-0.39, 0.29) is 33.4 Å². The van der Waals surface area contributed by atoms with Crippen molar-refractivity contribution in [2.75, 3.05) is 12.9 Å². The highest BCUT2D eigenvalue weighted by molar-refractivity contribution is 7.91. The molecule has 0 aliphatic rings. The van der Waals surface area contributed by atoms with Gasteiger partial charge >= 0.3 is 6.18 Å². The van der Waals surface area contributed by atoms with Crippen molar-refractivity contribution in [3.05, 3.63) is 35.2 Å². The maximum Gasteiger partial charge on any atom is 0.451 e. The Hall–Kier alpha value is -3.03. The van der Waals surface area contributed by atoms with Crippen molar-refractivity contribution < 1.29 is 35.1 Å². The van der Waals surface area contributed by atoms with Crippen LogP contribution in [-0.4, -0.2) is 46.0 Å². The molecule has 212 valence electrons. The van der Waals surface area contributed by atoms with Crippen LogP contribution in [-0.2, 0) is 20.8 Å². The van der Waals surface area contributed by atoms with Crippen LogP contribution in [0.1, 0.15) is 75.4 Å². The first-order chi connectivity index (χ1) is 17.9. The van der Waals surface area contributed by atoms with Crippen LogP contribution < -0.4 is 0 Å². The van der Waals surface area contributed by atoms with Gasteiger partial charge in [-0.05, 0) is 25.3 Å². The number of alkyl halides is 5. The lowest BCUT2D eigenvalue weighted by molar-refractivity contribution is -0.145. The molecule has 2 atom stereocenters. The quantitative estimate of drug-likeness (QED) is 0.293. The maximum atomic E-state index is 14.2. The van der Waals surface area contributed by atoms with Crippen LogP contribution in [0.2, 0.25) is 0 Å². The van der Waals surface area contributed by atoms with Gasteiger partial charge in [-0.25, -0.2) is 36.8 Å². The van der Waals surface area contributed by atoms with Gasteiger partial charge in [0.25, 0.3) is 6.43 Å². The third-order valence-electron chi connectivity index (χ3n) is 5.46. The SMILES string of the molecule is CCOC(C)n1nc(C(C(C)(C)C)S(C)(=O)=O)cc1-c1sc(-c2cnc(C(F)(F)F)nc2C#N)nc1C(F)F. The molecule has 3 heterocycles. The molecule has 0 radical (unpaired) electrons. The minimum atomic E-state index is -4.92. The Morgan fingerprint density at radius 3 is 2.33 bits per heavy atom. The molecule has 0 saturated carbocycles. The van der Waals surface area contributed by atoms with Crippen LogP contribution in [0.5, 0.6) is 0 Å². The van der Waals surface area contributed by atoms with Crippen molar-refractivity contribution in [2.24, 2.45) is 5.41 Å². The number of ether oxygens (including phenoxy) is 1. The van der Waals surface area contributed by atoms with E-state index in [1.54, 1.807) is 34.6 Å². The predicted octanol–water partition coefficient (Wildman–Crippen LogP) is 5.98. The topological polar surface area (TPSA) is 124 Å². The van der Waals surface area contributed by atoms with Crippen molar-refractivity contribution in [1.82, 2.24) is 24.7 Å². The summed E-state index contributed by atoms with van der Waals surface area (Å²) in [7, 11) is -3.71. The second-order valence-corrected chi connectivity index (χ2v) is 12.8. The zero-order valence-electron chi connectivity index (χ0n) is 21.7. The first-order valence-electron chi connectivity index (χ1n) is 11.4. The maximum absolute atomic E-state index is 14.2. The second-order valence-electron chi connectivity index (χ2n) is 9.63. The monoisotopic (exact) mass is 592 g/mol. The van der Waals surface area contributed by atoms with Crippen LogP contribution >= 0.6 is 11.3 Å². The Kier molecular flexibility index (Phi) is 8.49. The number of sulfone groups is 1. The van der Waals surface area contributed by atoms with E-state index in [1.165, 1.54) is 16.8 Å². The van der Waals surface area contributed by atoms with Crippen molar-refractivity contribution in [3.8, 4) is 27.2 Å².